The second-order valence-corrected chi connectivity index (χ2v) is 5.36. The van der Waals surface area contributed by atoms with Crippen molar-refractivity contribution in [2.75, 3.05) is 6.54 Å². The third-order valence-corrected chi connectivity index (χ3v) is 3.67. The van der Waals surface area contributed by atoms with Gasteiger partial charge in [0.15, 0.2) is 0 Å². The number of carbonyl (C=O) groups excluding carboxylic acids is 1. The molecule has 5 heteroatoms. The summed E-state index contributed by atoms with van der Waals surface area (Å²) in [5, 5.41) is 13.7. The van der Waals surface area contributed by atoms with Crippen LogP contribution in [0.15, 0.2) is 29.8 Å². The van der Waals surface area contributed by atoms with Gasteiger partial charge in [0.2, 0.25) is 5.91 Å². The molecular weight excluding hydrogens is 285 g/mol. The lowest BCUT2D eigenvalue weighted by Crippen LogP contribution is -2.29. The third kappa shape index (κ3) is 3.72. The minimum atomic E-state index is -0.837. The molecule has 2 rings (SSSR count). The van der Waals surface area contributed by atoms with E-state index in [1.54, 1.807) is 18.2 Å². The predicted octanol–water partition coefficient (Wildman–Crippen LogP) is 3.25. The number of aliphatic hydroxyl groups excluding tert-OH is 1. The highest BCUT2D eigenvalue weighted by molar-refractivity contribution is 6.35. The van der Waals surface area contributed by atoms with Gasteiger partial charge in [-0.2, -0.15) is 0 Å². The van der Waals surface area contributed by atoms with Gasteiger partial charge in [0.1, 0.15) is 0 Å². The summed E-state index contributed by atoms with van der Waals surface area (Å²) >= 11 is 11.8. The van der Waals surface area contributed by atoms with E-state index >= 15 is 0 Å². The summed E-state index contributed by atoms with van der Waals surface area (Å²) in [7, 11) is 0. The van der Waals surface area contributed by atoms with Gasteiger partial charge in [0.25, 0.3) is 0 Å². The van der Waals surface area contributed by atoms with Gasteiger partial charge in [-0.15, -0.1) is 0 Å². The summed E-state index contributed by atoms with van der Waals surface area (Å²) in [5.74, 6) is -0.110. The van der Waals surface area contributed by atoms with Gasteiger partial charge in [-0.05, 0) is 31.4 Å². The Morgan fingerprint density at radius 3 is 2.84 bits per heavy atom. The van der Waals surface area contributed by atoms with Gasteiger partial charge in [-0.25, -0.2) is 0 Å². The van der Waals surface area contributed by atoms with E-state index in [-0.39, 0.29) is 12.5 Å². The Morgan fingerprint density at radius 2 is 2.21 bits per heavy atom. The van der Waals surface area contributed by atoms with Crippen molar-refractivity contribution in [2.24, 2.45) is 0 Å². The molecule has 1 aromatic carbocycles. The standard InChI is InChI=1S/C14H15Cl2NO2/c15-10-5-6-11(12(16)7-10)13(18)8-17-14(19)9-3-1-2-4-9/h3,5-7,13,18H,1-2,4,8H2,(H,17,19). The van der Waals surface area contributed by atoms with E-state index in [1.807, 2.05) is 6.08 Å². The summed E-state index contributed by atoms with van der Waals surface area (Å²) in [5.41, 5.74) is 1.36. The molecule has 1 atom stereocenters. The van der Waals surface area contributed by atoms with Crippen LogP contribution in [0, 0.1) is 0 Å². The number of allylic oxidation sites excluding steroid dienone is 1. The van der Waals surface area contributed by atoms with Gasteiger partial charge in [0.05, 0.1) is 6.10 Å². The van der Waals surface area contributed by atoms with Crippen molar-refractivity contribution >= 4 is 29.1 Å². The molecule has 0 aromatic heterocycles. The summed E-state index contributed by atoms with van der Waals surface area (Å²) in [4.78, 5) is 11.8. The smallest absolute Gasteiger partial charge is 0.246 e. The van der Waals surface area contributed by atoms with Crippen molar-refractivity contribution in [3.63, 3.8) is 0 Å². The molecule has 0 aliphatic heterocycles. The Labute approximate surface area is 122 Å². The lowest BCUT2D eigenvalue weighted by Gasteiger charge is -2.14. The summed E-state index contributed by atoms with van der Waals surface area (Å²) < 4.78 is 0. The molecule has 1 aliphatic carbocycles. The normalized spacial score (nSPS) is 16.1. The molecule has 0 saturated carbocycles. The molecule has 0 radical (unpaired) electrons. The summed E-state index contributed by atoms with van der Waals surface area (Å²) in [6.45, 7) is 0.136. The number of aliphatic hydroxyl groups is 1. The van der Waals surface area contributed by atoms with E-state index in [0.29, 0.717) is 15.6 Å². The van der Waals surface area contributed by atoms with Crippen molar-refractivity contribution in [3.8, 4) is 0 Å². The van der Waals surface area contributed by atoms with Crippen LogP contribution in [-0.4, -0.2) is 17.6 Å². The number of hydrogen-bond acceptors (Lipinski definition) is 2. The molecule has 0 saturated heterocycles. The Bertz CT molecular complexity index is 514. The first-order valence-electron chi connectivity index (χ1n) is 6.18. The monoisotopic (exact) mass is 299 g/mol. The second kappa shape index (κ2) is 6.42. The first-order valence-corrected chi connectivity index (χ1v) is 6.94. The van der Waals surface area contributed by atoms with Crippen molar-refractivity contribution in [2.45, 2.75) is 25.4 Å². The van der Waals surface area contributed by atoms with E-state index in [2.05, 4.69) is 5.32 Å². The van der Waals surface area contributed by atoms with Gasteiger partial charge in [-0.1, -0.05) is 35.3 Å². The van der Waals surface area contributed by atoms with Crippen LogP contribution in [0.5, 0.6) is 0 Å². The highest BCUT2D eigenvalue weighted by Gasteiger charge is 2.16. The number of carbonyl (C=O) groups is 1. The molecular formula is C14H15Cl2NO2. The van der Waals surface area contributed by atoms with Crippen LogP contribution in [0.2, 0.25) is 10.0 Å². The largest absolute Gasteiger partial charge is 0.387 e. The maximum atomic E-state index is 11.8. The molecule has 102 valence electrons. The molecule has 3 nitrogen and oxygen atoms in total. The molecule has 0 spiro atoms. The second-order valence-electron chi connectivity index (χ2n) is 4.51. The summed E-state index contributed by atoms with van der Waals surface area (Å²) in [6.07, 6.45) is 3.89. The van der Waals surface area contributed by atoms with Gasteiger partial charge >= 0.3 is 0 Å². The lowest BCUT2D eigenvalue weighted by atomic mass is 10.1. The maximum absolute atomic E-state index is 11.8. The maximum Gasteiger partial charge on any atom is 0.246 e. The minimum Gasteiger partial charge on any atom is -0.387 e. The zero-order chi connectivity index (χ0) is 13.8. The SMILES string of the molecule is O=C(NCC(O)c1ccc(Cl)cc1Cl)C1=CCCC1. The molecule has 1 amide bonds. The van der Waals surface area contributed by atoms with E-state index < -0.39 is 6.10 Å². The van der Waals surface area contributed by atoms with E-state index in [0.717, 1.165) is 24.8 Å². The van der Waals surface area contributed by atoms with E-state index in [9.17, 15) is 9.90 Å². The average molecular weight is 300 g/mol. The fourth-order valence-corrected chi connectivity index (χ4v) is 2.60. The summed E-state index contributed by atoms with van der Waals surface area (Å²) in [6, 6.07) is 4.90. The number of benzene rings is 1. The zero-order valence-corrected chi connectivity index (χ0v) is 11.8. The van der Waals surface area contributed by atoms with Crippen molar-refractivity contribution < 1.29 is 9.90 Å². The average Bonchev–Trinajstić information content (AvgIpc) is 2.89. The van der Waals surface area contributed by atoms with E-state index in [1.165, 1.54) is 0 Å². The molecule has 1 aliphatic rings. The van der Waals surface area contributed by atoms with Crippen LogP contribution in [0.3, 0.4) is 0 Å². The molecule has 1 unspecified atom stereocenters. The van der Waals surface area contributed by atoms with Gasteiger partial charge in [0, 0.05) is 27.7 Å². The number of amides is 1. The van der Waals surface area contributed by atoms with Crippen molar-refractivity contribution in [1.82, 2.24) is 5.32 Å². The van der Waals surface area contributed by atoms with Crippen LogP contribution in [0.25, 0.3) is 0 Å². The lowest BCUT2D eigenvalue weighted by molar-refractivity contribution is -0.118. The fourth-order valence-electron chi connectivity index (χ4n) is 2.06. The molecule has 0 heterocycles. The molecule has 1 aromatic rings. The van der Waals surface area contributed by atoms with Crippen molar-refractivity contribution in [3.05, 3.63) is 45.5 Å². The Balaban J connectivity index is 1.93. The van der Waals surface area contributed by atoms with Gasteiger partial charge < -0.3 is 10.4 Å². The van der Waals surface area contributed by atoms with E-state index in [4.69, 9.17) is 23.2 Å². The van der Waals surface area contributed by atoms with Crippen LogP contribution >= 0.6 is 23.2 Å². The minimum absolute atomic E-state index is 0.110. The Hall–Kier alpha value is -1.03. The number of nitrogens with one attached hydrogen (secondary N) is 1. The van der Waals surface area contributed by atoms with Crippen LogP contribution in [0.1, 0.15) is 30.9 Å². The highest BCUT2D eigenvalue weighted by Crippen LogP contribution is 2.26. The van der Waals surface area contributed by atoms with Gasteiger partial charge in [-0.3, -0.25) is 4.79 Å². The first-order chi connectivity index (χ1) is 9.08. The molecule has 0 fully saturated rings. The predicted molar refractivity (Wildman–Crippen MR) is 76.4 cm³/mol. The highest BCUT2D eigenvalue weighted by atomic mass is 35.5. The van der Waals surface area contributed by atoms with Crippen LogP contribution < -0.4 is 5.32 Å². The number of hydrogen-bond donors (Lipinski definition) is 2. The van der Waals surface area contributed by atoms with Crippen LogP contribution in [-0.2, 0) is 4.79 Å². The fraction of sp³-hybridized carbons (Fsp3) is 0.357. The topological polar surface area (TPSA) is 49.3 Å². The Morgan fingerprint density at radius 1 is 1.42 bits per heavy atom. The molecule has 2 N–H and O–H groups in total. The Kier molecular flexibility index (Phi) is 4.86. The third-order valence-electron chi connectivity index (χ3n) is 3.11. The molecule has 19 heavy (non-hydrogen) atoms. The molecule has 0 bridgehead atoms. The quantitative estimate of drug-likeness (QED) is 0.896. The zero-order valence-electron chi connectivity index (χ0n) is 10.3. The van der Waals surface area contributed by atoms with Crippen molar-refractivity contribution in [1.29, 1.82) is 0 Å². The number of halogens is 2. The van der Waals surface area contributed by atoms with Crippen LogP contribution in [0.4, 0.5) is 0 Å². The number of rotatable bonds is 4. The first kappa shape index (κ1) is 14.4.